The van der Waals surface area contributed by atoms with Gasteiger partial charge in [-0.25, -0.2) is 0 Å². The van der Waals surface area contributed by atoms with E-state index in [1.165, 1.54) is 19.3 Å². The number of aryl methyl sites for hydroxylation is 1. The highest BCUT2D eigenvalue weighted by atomic mass is 16.5. The molecule has 0 aliphatic heterocycles. The standard InChI is InChI=1S/C16H26N2O2/c1-12-9-17-14(13(2)15(12)20-3)10-18-16(11-19)7-5-4-6-8-16/h9,18-19H,4-8,10-11H2,1-3H3. The number of pyridine rings is 1. The second-order valence-corrected chi connectivity index (χ2v) is 5.90. The highest BCUT2D eigenvalue weighted by Crippen LogP contribution is 2.29. The number of hydrogen-bond donors (Lipinski definition) is 2. The summed E-state index contributed by atoms with van der Waals surface area (Å²) >= 11 is 0. The van der Waals surface area contributed by atoms with E-state index in [-0.39, 0.29) is 12.1 Å². The highest BCUT2D eigenvalue weighted by Gasteiger charge is 2.30. The van der Waals surface area contributed by atoms with E-state index < -0.39 is 0 Å². The Morgan fingerprint density at radius 3 is 2.60 bits per heavy atom. The molecule has 1 fully saturated rings. The normalized spacial score (nSPS) is 18.0. The minimum atomic E-state index is -0.121. The lowest BCUT2D eigenvalue weighted by Gasteiger charge is -2.36. The summed E-state index contributed by atoms with van der Waals surface area (Å²) in [5, 5.41) is 13.3. The number of ether oxygens (including phenoxy) is 1. The quantitative estimate of drug-likeness (QED) is 0.869. The molecule has 0 spiro atoms. The molecule has 0 saturated heterocycles. The van der Waals surface area contributed by atoms with Gasteiger partial charge >= 0.3 is 0 Å². The maximum Gasteiger partial charge on any atom is 0.128 e. The van der Waals surface area contributed by atoms with Crippen LogP contribution in [0.5, 0.6) is 5.75 Å². The van der Waals surface area contributed by atoms with Gasteiger partial charge in [-0.15, -0.1) is 0 Å². The molecule has 4 nitrogen and oxygen atoms in total. The molecule has 1 saturated carbocycles. The summed E-state index contributed by atoms with van der Waals surface area (Å²) in [5.74, 6) is 0.915. The SMILES string of the molecule is COc1c(C)cnc(CNC2(CO)CCCCC2)c1C. The molecule has 4 heteroatoms. The summed E-state index contributed by atoms with van der Waals surface area (Å²) in [6.45, 7) is 4.94. The summed E-state index contributed by atoms with van der Waals surface area (Å²) in [7, 11) is 1.70. The van der Waals surface area contributed by atoms with Crippen molar-refractivity contribution < 1.29 is 9.84 Å². The van der Waals surface area contributed by atoms with E-state index in [0.717, 1.165) is 35.4 Å². The second kappa shape index (κ2) is 6.55. The van der Waals surface area contributed by atoms with Gasteiger partial charge in [0.1, 0.15) is 5.75 Å². The Labute approximate surface area is 121 Å². The first-order chi connectivity index (χ1) is 9.62. The largest absolute Gasteiger partial charge is 0.496 e. The van der Waals surface area contributed by atoms with Gasteiger partial charge in [-0.1, -0.05) is 19.3 Å². The number of methoxy groups -OCH3 is 1. The van der Waals surface area contributed by atoms with Crippen LogP contribution in [0, 0.1) is 13.8 Å². The van der Waals surface area contributed by atoms with Crippen molar-refractivity contribution in [3.05, 3.63) is 23.0 Å². The average Bonchev–Trinajstić information content (AvgIpc) is 2.48. The van der Waals surface area contributed by atoms with Crippen LogP contribution in [-0.4, -0.2) is 29.3 Å². The van der Waals surface area contributed by atoms with Crippen LogP contribution in [0.25, 0.3) is 0 Å². The molecule has 1 aliphatic rings. The monoisotopic (exact) mass is 278 g/mol. The molecule has 2 rings (SSSR count). The van der Waals surface area contributed by atoms with E-state index in [4.69, 9.17) is 4.74 Å². The van der Waals surface area contributed by atoms with Crippen LogP contribution in [0.2, 0.25) is 0 Å². The zero-order chi connectivity index (χ0) is 14.6. The first-order valence-electron chi connectivity index (χ1n) is 7.47. The molecular weight excluding hydrogens is 252 g/mol. The first kappa shape index (κ1) is 15.3. The van der Waals surface area contributed by atoms with Gasteiger partial charge in [0.05, 0.1) is 19.4 Å². The fourth-order valence-corrected chi connectivity index (χ4v) is 3.14. The van der Waals surface area contributed by atoms with Crippen LogP contribution in [-0.2, 0) is 6.54 Å². The topological polar surface area (TPSA) is 54.4 Å². The molecule has 0 radical (unpaired) electrons. The Balaban J connectivity index is 2.10. The van der Waals surface area contributed by atoms with Gasteiger partial charge in [0.15, 0.2) is 0 Å². The van der Waals surface area contributed by atoms with E-state index in [1.54, 1.807) is 7.11 Å². The molecule has 112 valence electrons. The van der Waals surface area contributed by atoms with Crippen LogP contribution in [0.4, 0.5) is 0 Å². The number of nitrogens with one attached hydrogen (secondary N) is 1. The van der Waals surface area contributed by atoms with Gasteiger partial charge in [0.2, 0.25) is 0 Å². The first-order valence-corrected chi connectivity index (χ1v) is 7.47. The van der Waals surface area contributed by atoms with Crippen molar-refractivity contribution in [2.24, 2.45) is 0 Å². The summed E-state index contributed by atoms with van der Waals surface area (Å²) in [4.78, 5) is 4.51. The van der Waals surface area contributed by atoms with Crippen molar-refractivity contribution in [2.75, 3.05) is 13.7 Å². The highest BCUT2D eigenvalue weighted by molar-refractivity contribution is 5.41. The van der Waals surface area contributed by atoms with Crippen LogP contribution >= 0.6 is 0 Å². The molecule has 1 aromatic rings. The van der Waals surface area contributed by atoms with E-state index in [2.05, 4.69) is 10.3 Å². The molecule has 0 atom stereocenters. The molecular formula is C16H26N2O2. The lowest BCUT2D eigenvalue weighted by Crippen LogP contribution is -2.49. The van der Waals surface area contributed by atoms with Gasteiger partial charge in [-0.3, -0.25) is 4.98 Å². The summed E-state index contributed by atoms with van der Waals surface area (Å²) in [6.07, 6.45) is 7.61. The molecule has 2 N–H and O–H groups in total. The predicted molar refractivity (Wildman–Crippen MR) is 80.0 cm³/mol. The Kier molecular flexibility index (Phi) is 5.00. The molecule has 0 bridgehead atoms. The lowest BCUT2D eigenvalue weighted by molar-refractivity contribution is 0.119. The number of hydrogen-bond acceptors (Lipinski definition) is 4. The predicted octanol–water partition coefficient (Wildman–Crippen LogP) is 2.49. The van der Waals surface area contributed by atoms with E-state index in [9.17, 15) is 5.11 Å². The van der Waals surface area contributed by atoms with Crippen LogP contribution < -0.4 is 10.1 Å². The molecule has 1 aliphatic carbocycles. The van der Waals surface area contributed by atoms with Gasteiger partial charge in [-0.2, -0.15) is 0 Å². The third kappa shape index (κ3) is 3.13. The molecule has 0 unspecified atom stereocenters. The molecule has 1 heterocycles. The zero-order valence-corrected chi connectivity index (χ0v) is 12.8. The van der Waals surface area contributed by atoms with E-state index in [0.29, 0.717) is 6.54 Å². The van der Waals surface area contributed by atoms with Gasteiger partial charge < -0.3 is 15.2 Å². The summed E-state index contributed by atoms with van der Waals surface area (Å²) in [6, 6.07) is 0. The Morgan fingerprint density at radius 2 is 2.00 bits per heavy atom. The summed E-state index contributed by atoms with van der Waals surface area (Å²) in [5.41, 5.74) is 3.03. The minimum Gasteiger partial charge on any atom is -0.496 e. The Hall–Kier alpha value is -1.13. The van der Waals surface area contributed by atoms with Crippen molar-refractivity contribution in [3.63, 3.8) is 0 Å². The number of aliphatic hydroxyl groups is 1. The number of nitrogens with zero attached hydrogens (tertiary/aromatic N) is 1. The third-order valence-corrected chi connectivity index (χ3v) is 4.49. The van der Waals surface area contributed by atoms with Crippen molar-refractivity contribution >= 4 is 0 Å². The number of aromatic nitrogens is 1. The molecule has 0 amide bonds. The lowest BCUT2D eigenvalue weighted by atomic mass is 9.82. The Bertz CT molecular complexity index is 454. The van der Waals surface area contributed by atoms with Crippen LogP contribution in [0.15, 0.2) is 6.20 Å². The van der Waals surface area contributed by atoms with Crippen molar-refractivity contribution in [1.29, 1.82) is 0 Å². The number of aliphatic hydroxyl groups excluding tert-OH is 1. The van der Waals surface area contributed by atoms with E-state index >= 15 is 0 Å². The maximum atomic E-state index is 9.73. The van der Waals surface area contributed by atoms with Crippen LogP contribution in [0.3, 0.4) is 0 Å². The van der Waals surface area contributed by atoms with Gasteiger partial charge in [0, 0.05) is 29.4 Å². The van der Waals surface area contributed by atoms with Crippen molar-refractivity contribution in [3.8, 4) is 5.75 Å². The molecule has 0 aromatic carbocycles. The van der Waals surface area contributed by atoms with Gasteiger partial charge in [-0.05, 0) is 26.7 Å². The molecule has 20 heavy (non-hydrogen) atoms. The summed E-state index contributed by atoms with van der Waals surface area (Å²) < 4.78 is 5.44. The Morgan fingerprint density at radius 1 is 1.30 bits per heavy atom. The smallest absolute Gasteiger partial charge is 0.128 e. The fourth-order valence-electron chi connectivity index (χ4n) is 3.14. The average molecular weight is 278 g/mol. The maximum absolute atomic E-state index is 9.73. The fraction of sp³-hybridized carbons (Fsp3) is 0.688. The van der Waals surface area contributed by atoms with E-state index in [1.807, 2.05) is 20.0 Å². The van der Waals surface area contributed by atoms with Crippen LogP contribution in [0.1, 0.15) is 48.9 Å². The van der Waals surface area contributed by atoms with Crippen molar-refractivity contribution in [2.45, 2.75) is 58.0 Å². The third-order valence-electron chi connectivity index (χ3n) is 4.49. The second-order valence-electron chi connectivity index (χ2n) is 5.90. The minimum absolute atomic E-state index is 0.121. The van der Waals surface area contributed by atoms with Gasteiger partial charge in [0.25, 0.3) is 0 Å². The number of rotatable bonds is 5. The molecule has 1 aromatic heterocycles. The van der Waals surface area contributed by atoms with Crippen molar-refractivity contribution in [1.82, 2.24) is 10.3 Å². The zero-order valence-electron chi connectivity index (χ0n) is 12.8.